The molecule has 1 heterocycles. The number of hydrogen-bond acceptors (Lipinski definition) is 3. The van der Waals surface area contributed by atoms with Crippen LogP contribution in [-0.4, -0.2) is 17.3 Å². The number of thiophene rings is 1. The molecule has 1 unspecified atom stereocenters. The fourth-order valence-corrected chi connectivity index (χ4v) is 2.81. The number of fused-ring (bicyclic) bond motifs is 1. The predicted molar refractivity (Wildman–Crippen MR) is 74.5 cm³/mol. The number of rotatable bonds is 4. The minimum Gasteiger partial charge on any atom is -0.389 e. The Morgan fingerprint density at radius 1 is 1.35 bits per heavy atom. The molecule has 17 heavy (non-hydrogen) atoms. The van der Waals surface area contributed by atoms with Crippen molar-refractivity contribution < 1.29 is 5.11 Å². The average molecular weight is 249 g/mol. The summed E-state index contributed by atoms with van der Waals surface area (Å²) in [5.41, 5.74) is -0.662. The molecule has 3 heteroatoms. The van der Waals surface area contributed by atoms with Gasteiger partial charge in [-0.2, -0.15) is 0 Å². The van der Waals surface area contributed by atoms with Gasteiger partial charge in [-0.05, 0) is 38.3 Å². The molecule has 1 aromatic heterocycles. The second kappa shape index (κ2) is 4.77. The van der Waals surface area contributed by atoms with Gasteiger partial charge in [-0.25, -0.2) is 0 Å². The van der Waals surface area contributed by atoms with E-state index in [0.717, 1.165) is 0 Å². The minimum absolute atomic E-state index is 0.277. The first-order chi connectivity index (χ1) is 7.96. The maximum absolute atomic E-state index is 9.69. The third-order valence-corrected chi connectivity index (χ3v) is 4.01. The molecule has 0 aliphatic heterocycles. The molecule has 0 aliphatic carbocycles. The Hall–Kier alpha value is -0.900. The Bertz CT molecular complexity index is 465. The Kier molecular flexibility index (Phi) is 3.52. The highest BCUT2D eigenvalue weighted by atomic mass is 32.1. The molecule has 0 fully saturated rings. The van der Waals surface area contributed by atoms with Crippen LogP contribution in [0.4, 0.5) is 0 Å². The van der Waals surface area contributed by atoms with Gasteiger partial charge in [-0.1, -0.05) is 18.2 Å². The van der Waals surface area contributed by atoms with Gasteiger partial charge in [0.25, 0.3) is 0 Å². The molecule has 0 radical (unpaired) electrons. The zero-order valence-electron chi connectivity index (χ0n) is 10.5. The first-order valence-corrected chi connectivity index (χ1v) is 6.71. The van der Waals surface area contributed by atoms with Crippen molar-refractivity contribution in [2.24, 2.45) is 0 Å². The first kappa shape index (κ1) is 12.6. The summed E-state index contributed by atoms with van der Waals surface area (Å²) in [4.78, 5) is 1.32. The molecular formula is C14H19NOS. The molecule has 0 spiro atoms. The van der Waals surface area contributed by atoms with Crippen LogP contribution >= 0.6 is 11.3 Å². The van der Waals surface area contributed by atoms with Gasteiger partial charge in [-0.3, -0.25) is 0 Å². The molecule has 92 valence electrons. The highest BCUT2D eigenvalue weighted by Crippen LogP contribution is 2.29. The Labute approximate surface area is 106 Å². The summed E-state index contributed by atoms with van der Waals surface area (Å²) < 4.78 is 1.32. The SMILES string of the molecule is CC(NCC(C)(C)O)c1cc2ccccc2s1. The van der Waals surface area contributed by atoms with Crippen LogP contribution in [0.5, 0.6) is 0 Å². The van der Waals surface area contributed by atoms with E-state index in [9.17, 15) is 5.11 Å². The summed E-state index contributed by atoms with van der Waals surface area (Å²) in [6, 6.07) is 10.9. The van der Waals surface area contributed by atoms with Crippen LogP contribution in [0, 0.1) is 0 Å². The molecule has 0 saturated heterocycles. The lowest BCUT2D eigenvalue weighted by atomic mass is 10.1. The molecule has 1 aromatic carbocycles. The minimum atomic E-state index is -0.662. The van der Waals surface area contributed by atoms with Gasteiger partial charge in [0.1, 0.15) is 0 Å². The van der Waals surface area contributed by atoms with Gasteiger partial charge in [0.05, 0.1) is 5.60 Å². The number of hydrogen-bond donors (Lipinski definition) is 2. The van der Waals surface area contributed by atoms with Gasteiger partial charge >= 0.3 is 0 Å². The monoisotopic (exact) mass is 249 g/mol. The lowest BCUT2D eigenvalue weighted by molar-refractivity contribution is 0.0771. The number of benzene rings is 1. The van der Waals surface area contributed by atoms with Gasteiger partial charge in [0.15, 0.2) is 0 Å². The molecule has 0 amide bonds. The summed E-state index contributed by atoms with van der Waals surface area (Å²) >= 11 is 1.81. The lowest BCUT2D eigenvalue weighted by Gasteiger charge is -2.21. The van der Waals surface area contributed by atoms with E-state index in [2.05, 4.69) is 42.6 Å². The van der Waals surface area contributed by atoms with Crippen LogP contribution < -0.4 is 5.32 Å². The van der Waals surface area contributed by atoms with Crippen LogP contribution in [0.1, 0.15) is 31.7 Å². The molecule has 2 N–H and O–H groups in total. The smallest absolute Gasteiger partial charge is 0.0715 e. The Morgan fingerprint density at radius 2 is 2.06 bits per heavy atom. The maximum atomic E-state index is 9.69. The van der Waals surface area contributed by atoms with Crippen LogP contribution in [0.25, 0.3) is 10.1 Å². The second-order valence-electron chi connectivity index (χ2n) is 5.10. The summed E-state index contributed by atoms with van der Waals surface area (Å²) in [7, 11) is 0. The summed E-state index contributed by atoms with van der Waals surface area (Å²) in [6.45, 7) is 6.37. The molecule has 2 nitrogen and oxygen atoms in total. The van der Waals surface area contributed by atoms with Gasteiger partial charge < -0.3 is 10.4 Å². The second-order valence-corrected chi connectivity index (χ2v) is 6.22. The standard InChI is InChI=1S/C14H19NOS/c1-10(15-9-14(2,3)16)13-8-11-6-4-5-7-12(11)17-13/h4-8,10,15-16H,9H2,1-3H3. The van der Waals surface area contributed by atoms with Crippen LogP contribution in [-0.2, 0) is 0 Å². The van der Waals surface area contributed by atoms with Crippen molar-refractivity contribution in [2.45, 2.75) is 32.4 Å². The van der Waals surface area contributed by atoms with E-state index in [4.69, 9.17) is 0 Å². The van der Waals surface area contributed by atoms with Crippen molar-refractivity contribution >= 4 is 21.4 Å². The zero-order chi connectivity index (χ0) is 12.5. The molecule has 2 rings (SSSR count). The van der Waals surface area contributed by atoms with Crippen molar-refractivity contribution in [3.63, 3.8) is 0 Å². The molecule has 2 aromatic rings. The first-order valence-electron chi connectivity index (χ1n) is 5.90. The predicted octanol–water partition coefficient (Wildman–Crippen LogP) is 3.32. The van der Waals surface area contributed by atoms with E-state index in [-0.39, 0.29) is 6.04 Å². The average Bonchev–Trinajstić information content (AvgIpc) is 2.68. The summed E-state index contributed by atoms with van der Waals surface area (Å²) in [6.07, 6.45) is 0. The van der Waals surface area contributed by atoms with E-state index >= 15 is 0 Å². The van der Waals surface area contributed by atoms with Crippen LogP contribution in [0.3, 0.4) is 0 Å². The normalized spacial score (nSPS) is 14.1. The van der Waals surface area contributed by atoms with Crippen molar-refractivity contribution in [2.75, 3.05) is 6.54 Å². The molecule has 0 bridgehead atoms. The topological polar surface area (TPSA) is 32.3 Å². The maximum Gasteiger partial charge on any atom is 0.0715 e. The van der Waals surface area contributed by atoms with Crippen LogP contribution in [0.15, 0.2) is 30.3 Å². The Balaban J connectivity index is 2.11. The fourth-order valence-electron chi connectivity index (χ4n) is 1.72. The summed E-state index contributed by atoms with van der Waals surface area (Å²) in [5, 5.41) is 14.4. The van der Waals surface area contributed by atoms with E-state index in [0.29, 0.717) is 6.54 Å². The number of aliphatic hydroxyl groups is 1. The molecule has 0 saturated carbocycles. The lowest BCUT2D eigenvalue weighted by Crippen LogP contribution is -2.35. The quantitative estimate of drug-likeness (QED) is 0.871. The van der Waals surface area contributed by atoms with E-state index in [1.165, 1.54) is 15.0 Å². The van der Waals surface area contributed by atoms with Crippen molar-refractivity contribution in [1.82, 2.24) is 5.32 Å². The fraction of sp³-hybridized carbons (Fsp3) is 0.429. The zero-order valence-corrected chi connectivity index (χ0v) is 11.3. The molecule has 0 aliphatic rings. The highest BCUT2D eigenvalue weighted by Gasteiger charge is 2.15. The van der Waals surface area contributed by atoms with E-state index in [1.54, 1.807) is 0 Å². The van der Waals surface area contributed by atoms with Gasteiger partial charge in [-0.15, -0.1) is 11.3 Å². The summed E-state index contributed by atoms with van der Waals surface area (Å²) in [5.74, 6) is 0. The van der Waals surface area contributed by atoms with Crippen molar-refractivity contribution in [3.05, 3.63) is 35.2 Å². The van der Waals surface area contributed by atoms with Crippen LogP contribution in [0.2, 0.25) is 0 Å². The van der Waals surface area contributed by atoms with Gasteiger partial charge in [0.2, 0.25) is 0 Å². The molecule has 1 atom stereocenters. The van der Waals surface area contributed by atoms with Crippen molar-refractivity contribution in [3.8, 4) is 0 Å². The van der Waals surface area contributed by atoms with E-state index in [1.807, 2.05) is 25.2 Å². The third kappa shape index (κ3) is 3.28. The third-order valence-electron chi connectivity index (χ3n) is 2.71. The highest BCUT2D eigenvalue weighted by molar-refractivity contribution is 7.19. The largest absolute Gasteiger partial charge is 0.389 e. The van der Waals surface area contributed by atoms with E-state index < -0.39 is 5.60 Å². The van der Waals surface area contributed by atoms with Gasteiger partial charge in [0, 0.05) is 22.2 Å². The number of nitrogens with one attached hydrogen (secondary N) is 1. The Morgan fingerprint density at radius 3 is 2.71 bits per heavy atom. The molecular weight excluding hydrogens is 230 g/mol. The van der Waals surface area contributed by atoms with Crippen molar-refractivity contribution in [1.29, 1.82) is 0 Å².